The van der Waals surface area contributed by atoms with Gasteiger partial charge in [0.1, 0.15) is 5.75 Å². The molecule has 0 saturated carbocycles. The fourth-order valence-electron chi connectivity index (χ4n) is 2.44. The molecule has 2 aromatic carbocycles. The van der Waals surface area contributed by atoms with Gasteiger partial charge in [-0.25, -0.2) is 5.43 Å². The lowest BCUT2D eigenvalue weighted by molar-refractivity contribution is 0.0949. The topological polar surface area (TPSA) is 68.5 Å². The summed E-state index contributed by atoms with van der Waals surface area (Å²) in [6, 6.07) is 17.1. The first kappa shape index (κ1) is 18.8. The van der Waals surface area contributed by atoms with Gasteiger partial charge in [0, 0.05) is 10.7 Å². The van der Waals surface area contributed by atoms with Crippen molar-refractivity contribution in [1.82, 2.24) is 15.2 Å². The zero-order chi connectivity index (χ0) is 19.2. The molecule has 138 valence electrons. The van der Waals surface area contributed by atoms with Crippen LogP contribution in [-0.4, -0.2) is 28.5 Å². The van der Waals surface area contributed by atoms with E-state index in [0.717, 1.165) is 21.3 Å². The summed E-state index contributed by atoms with van der Waals surface area (Å²) in [7, 11) is 1.62. The van der Waals surface area contributed by atoms with Crippen molar-refractivity contribution in [3.63, 3.8) is 0 Å². The van der Waals surface area contributed by atoms with Crippen LogP contribution in [0.2, 0.25) is 0 Å². The van der Waals surface area contributed by atoms with Gasteiger partial charge < -0.3 is 4.74 Å². The van der Waals surface area contributed by atoms with E-state index in [-0.39, 0.29) is 5.91 Å². The molecule has 3 rings (SSSR count). The SMILES string of the molecule is COc1ccc(/C(C)=N/NC(=O)c2ccn(Cc3ccc(Br)cc3)n2)cc1. The van der Waals surface area contributed by atoms with Gasteiger partial charge in [0.25, 0.3) is 5.91 Å². The highest BCUT2D eigenvalue weighted by atomic mass is 79.9. The second-order valence-corrected chi connectivity index (χ2v) is 6.81. The Labute approximate surface area is 166 Å². The fourth-order valence-corrected chi connectivity index (χ4v) is 2.70. The molecule has 0 radical (unpaired) electrons. The average Bonchev–Trinajstić information content (AvgIpc) is 3.16. The van der Waals surface area contributed by atoms with Gasteiger partial charge in [-0.15, -0.1) is 0 Å². The monoisotopic (exact) mass is 426 g/mol. The Kier molecular flexibility index (Phi) is 6.03. The summed E-state index contributed by atoms with van der Waals surface area (Å²) in [4.78, 5) is 12.3. The summed E-state index contributed by atoms with van der Waals surface area (Å²) in [5, 5.41) is 8.46. The first-order chi connectivity index (χ1) is 13.0. The Morgan fingerprint density at radius 1 is 1.15 bits per heavy atom. The number of ether oxygens (including phenoxy) is 1. The second-order valence-electron chi connectivity index (χ2n) is 5.89. The predicted molar refractivity (Wildman–Crippen MR) is 108 cm³/mol. The van der Waals surface area contributed by atoms with E-state index in [0.29, 0.717) is 18.0 Å². The molecule has 1 N–H and O–H groups in total. The van der Waals surface area contributed by atoms with Crippen molar-refractivity contribution in [2.75, 3.05) is 7.11 Å². The Hall–Kier alpha value is -2.93. The van der Waals surface area contributed by atoms with Crippen LogP contribution in [-0.2, 0) is 6.54 Å². The van der Waals surface area contributed by atoms with Gasteiger partial charge >= 0.3 is 0 Å². The van der Waals surface area contributed by atoms with Crippen molar-refractivity contribution in [3.8, 4) is 5.75 Å². The molecule has 6 nitrogen and oxygen atoms in total. The van der Waals surface area contributed by atoms with Crippen molar-refractivity contribution in [3.05, 3.63) is 82.1 Å². The Morgan fingerprint density at radius 2 is 1.85 bits per heavy atom. The van der Waals surface area contributed by atoms with Crippen molar-refractivity contribution >= 4 is 27.5 Å². The van der Waals surface area contributed by atoms with Crippen molar-refractivity contribution < 1.29 is 9.53 Å². The van der Waals surface area contributed by atoms with E-state index in [1.54, 1.807) is 24.1 Å². The summed E-state index contributed by atoms with van der Waals surface area (Å²) < 4.78 is 7.88. The molecule has 27 heavy (non-hydrogen) atoms. The third-order valence-corrected chi connectivity index (χ3v) is 4.49. The maximum absolute atomic E-state index is 12.3. The van der Waals surface area contributed by atoms with Gasteiger partial charge in [-0.3, -0.25) is 9.48 Å². The molecule has 0 aliphatic carbocycles. The highest BCUT2D eigenvalue weighted by Gasteiger charge is 2.09. The number of hydrogen-bond acceptors (Lipinski definition) is 4. The molecule has 1 aromatic heterocycles. The van der Waals surface area contributed by atoms with Gasteiger partial charge in [0.05, 0.1) is 19.4 Å². The third kappa shape index (κ3) is 5.04. The smallest absolute Gasteiger partial charge is 0.291 e. The predicted octanol–water partition coefficient (Wildman–Crippen LogP) is 3.86. The van der Waals surface area contributed by atoms with Gasteiger partial charge in [-0.1, -0.05) is 28.1 Å². The molecule has 0 spiro atoms. The number of benzene rings is 2. The number of halogens is 1. The minimum absolute atomic E-state index is 0.318. The quantitative estimate of drug-likeness (QED) is 0.480. The van der Waals surface area contributed by atoms with E-state index < -0.39 is 0 Å². The van der Waals surface area contributed by atoms with Crippen LogP contribution in [0.3, 0.4) is 0 Å². The lowest BCUT2D eigenvalue weighted by atomic mass is 10.1. The fraction of sp³-hybridized carbons (Fsp3) is 0.150. The van der Waals surface area contributed by atoms with Crippen LogP contribution in [0, 0.1) is 0 Å². The van der Waals surface area contributed by atoms with Crippen LogP contribution in [0.5, 0.6) is 5.75 Å². The number of methoxy groups -OCH3 is 1. The van der Waals surface area contributed by atoms with Crippen LogP contribution in [0.1, 0.15) is 28.5 Å². The van der Waals surface area contributed by atoms with E-state index in [1.165, 1.54) is 0 Å². The maximum atomic E-state index is 12.3. The molecule has 0 unspecified atom stereocenters. The number of nitrogens with one attached hydrogen (secondary N) is 1. The van der Waals surface area contributed by atoms with Crippen molar-refractivity contribution in [1.29, 1.82) is 0 Å². The van der Waals surface area contributed by atoms with Crippen LogP contribution >= 0.6 is 15.9 Å². The summed E-state index contributed by atoms with van der Waals surface area (Å²) in [6.07, 6.45) is 1.77. The molecule has 0 atom stereocenters. The van der Waals surface area contributed by atoms with Gasteiger partial charge in [-0.05, 0) is 60.5 Å². The number of hydrazone groups is 1. The highest BCUT2D eigenvalue weighted by molar-refractivity contribution is 9.10. The Bertz CT molecular complexity index is 947. The number of rotatable bonds is 6. The largest absolute Gasteiger partial charge is 0.497 e. The average molecular weight is 427 g/mol. The summed E-state index contributed by atoms with van der Waals surface area (Å²) >= 11 is 3.41. The van der Waals surface area contributed by atoms with E-state index in [9.17, 15) is 4.79 Å². The van der Waals surface area contributed by atoms with Crippen molar-refractivity contribution in [2.45, 2.75) is 13.5 Å². The van der Waals surface area contributed by atoms with Gasteiger partial charge in [-0.2, -0.15) is 10.2 Å². The number of carbonyl (C=O) groups excluding carboxylic acids is 1. The van der Waals surface area contributed by atoms with Crippen molar-refractivity contribution in [2.24, 2.45) is 5.10 Å². The van der Waals surface area contributed by atoms with Crippen LogP contribution in [0.4, 0.5) is 0 Å². The number of nitrogens with zero attached hydrogens (tertiary/aromatic N) is 3. The van der Waals surface area contributed by atoms with E-state index >= 15 is 0 Å². The third-order valence-electron chi connectivity index (χ3n) is 3.96. The first-order valence-electron chi connectivity index (χ1n) is 8.32. The lowest BCUT2D eigenvalue weighted by Gasteiger charge is -2.04. The molecule has 7 heteroatoms. The van der Waals surface area contributed by atoms with Gasteiger partial charge in [0.15, 0.2) is 5.69 Å². The van der Waals surface area contributed by atoms with E-state index in [1.807, 2.05) is 55.5 Å². The Balaban J connectivity index is 1.62. The molecule has 0 saturated heterocycles. The molecule has 0 fully saturated rings. The molecule has 1 amide bonds. The van der Waals surface area contributed by atoms with E-state index in [4.69, 9.17) is 4.74 Å². The molecule has 0 aliphatic rings. The highest BCUT2D eigenvalue weighted by Crippen LogP contribution is 2.13. The first-order valence-corrected chi connectivity index (χ1v) is 9.11. The maximum Gasteiger partial charge on any atom is 0.291 e. The molecule has 0 aliphatic heterocycles. The zero-order valence-electron chi connectivity index (χ0n) is 15.0. The number of carbonyl (C=O) groups is 1. The second kappa shape index (κ2) is 8.64. The van der Waals surface area contributed by atoms with E-state index in [2.05, 4.69) is 31.6 Å². The van der Waals surface area contributed by atoms with Gasteiger partial charge in [0.2, 0.25) is 0 Å². The standard InChI is InChI=1S/C20H19BrN4O2/c1-14(16-5-9-18(27-2)10-6-16)22-23-20(26)19-11-12-25(24-19)13-15-3-7-17(21)8-4-15/h3-12H,13H2,1-2H3,(H,23,26)/b22-14+. The Morgan fingerprint density at radius 3 is 2.52 bits per heavy atom. The summed E-state index contributed by atoms with van der Waals surface area (Å²) in [5.74, 6) is 0.421. The normalized spacial score (nSPS) is 11.3. The zero-order valence-corrected chi connectivity index (χ0v) is 16.6. The number of amides is 1. The molecular formula is C20H19BrN4O2. The number of aromatic nitrogens is 2. The lowest BCUT2D eigenvalue weighted by Crippen LogP contribution is -2.20. The van der Waals surface area contributed by atoms with Crippen LogP contribution in [0.25, 0.3) is 0 Å². The van der Waals surface area contributed by atoms with Crippen LogP contribution < -0.4 is 10.2 Å². The van der Waals surface area contributed by atoms with Crippen LogP contribution in [0.15, 0.2) is 70.4 Å². The minimum atomic E-state index is -0.350. The molecule has 1 heterocycles. The summed E-state index contributed by atoms with van der Waals surface area (Å²) in [5.41, 5.74) is 5.56. The minimum Gasteiger partial charge on any atom is -0.497 e. The molecule has 0 bridgehead atoms. The molecular weight excluding hydrogens is 408 g/mol. The molecule has 3 aromatic rings. The summed E-state index contributed by atoms with van der Waals surface area (Å²) in [6.45, 7) is 2.42. The number of hydrogen-bond donors (Lipinski definition) is 1.